The van der Waals surface area contributed by atoms with Crippen molar-refractivity contribution in [2.75, 3.05) is 18.8 Å². The summed E-state index contributed by atoms with van der Waals surface area (Å²) in [4.78, 5) is 18.7. The zero-order valence-electron chi connectivity index (χ0n) is 13.9. The Hall–Kier alpha value is -2.36. The van der Waals surface area contributed by atoms with Crippen LogP contribution in [0.15, 0.2) is 42.7 Å². The summed E-state index contributed by atoms with van der Waals surface area (Å²) in [5.41, 5.74) is 10.3. The second-order valence-corrected chi connectivity index (χ2v) is 7.20. The van der Waals surface area contributed by atoms with Crippen LogP contribution in [0.2, 0.25) is 0 Å². The fourth-order valence-electron chi connectivity index (χ4n) is 4.23. The van der Waals surface area contributed by atoms with Crippen molar-refractivity contribution in [3.05, 3.63) is 59.4 Å². The van der Waals surface area contributed by atoms with E-state index >= 15 is 0 Å². The Morgan fingerprint density at radius 1 is 1.08 bits per heavy atom. The summed E-state index contributed by atoms with van der Waals surface area (Å²) in [7, 11) is 0. The molecule has 2 aromatic rings. The van der Waals surface area contributed by atoms with Crippen LogP contribution in [0.5, 0.6) is 0 Å². The molecule has 4 nitrogen and oxygen atoms in total. The molecule has 0 radical (unpaired) electrons. The fraction of sp³-hybridized carbons (Fsp3) is 0.400. The molecule has 1 fully saturated rings. The van der Waals surface area contributed by atoms with Gasteiger partial charge in [0.1, 0.15) is 0 Å². The number of hydrogen-bond donors (Lipinski definition) is 1. The van der Waals surface area contributed by atoms with Gasteiger partial charge in [-0.05, 0) is 54.7 Å². The van der Waals surface area contributed by atoms with Crippen LogP contribution in [0.4, 0.5) is 5.69 Å². The number of anilines is 1. The summed E-state index contributed by atoms with van der Waals surface area (Å²) < 4.78 is 0. The third-order valence-electron chi connectivity index (χ3n) is 5.81. The molecule has 1 aliphatic heterocycles. The van der Waals surface area contributed by atoms with Crippen LogP contribution < -0.4 is 5.73 Å². The smallest absolute Gasteiger partial charge is 0.257 e. The molecule has 0 saturated carbocycles. The van der Waals surface area contributed by atoms with Crippen molar-refractivity contribution in [1.82, 2.24) is 9.88 Å². The second-order valence-electron chi connectivity index (χ2n) is 7.20. The zero-order valence-corrected chi connectivity index (χ0v) is 13.9. The van der Waals surface area contributed by atoms with Crippen LogP contribution in [0.1, 0.15) is 40.7 Å². The van der Waals surface area contributed by atoms with E-state index in [9.17, 15) is 4.79 Å². The monoisotopic (exact) mass is 321 g/mol. The van der Waals surface area contributed by atoms with Crippen LogP contribution in [0.25, 0.3) is 0 Å². The highest BCUT2D eigenvalue weighted by atomic mass is 16.2. The molecule has 2 heterocycles. The number of aryl methyl sites for hydroxylation is 1. The van der Waals surface area contributed by atoms with E-state index in [0.29, 0.717) is 16.7 Å². The van der Waals surface area contributed by atoms with E-state index in [4.69, 9.17) is 5.73 Å². The van der Waals surface area contributed by atoms with Gasteiger partial charge in [0, 0.05) is 31.2 Å². The van der Waals surface area contributed by atoms with Gasteiger partial charge in [-0.15, -0.1) is 0 Å². The van der Waals surface area contributed by atoms with Crippen molar-refractivity contribution in [3.63, 3.8) is 0 Å². The number of carbonyl (C=O) groups is 1. The molecular formula is C20H23N3O. The lowest BCUT2D eigenvalue weighted by Crippen LogP contribution is -2.45. The van der Waals surface area contributed by atoms with Gasteiger partial charge in [0.2, 0.25) is 0 Å². The van der Waals surface area contributed by atoms with Crippen LogP contribution in [0, 0.1) is 5.41 Å². The lowest BCUT2D eigenvalue weighted by molar-refractivity contribution is 0.0544. The molecule has 1 amide bonds. The third kappa shape index (κ3) is 2.66. The van der Waals surface area contributed by atoms with Crippen molar-refractivity contribution in [3.8, 4) is 0 Å². The normalized spacial score (nSPS) is 19.1. The lowest BCUT2D eigenvalue weighted by Gasteiger charge is -2.44. The summed E-state index contributed by atoms with van der Waals surface area (Å²) in [5, 5.41) is 0. The number of rotatable bonds is 1. The minimum Gasteiger partial charge on any atom is -0.398 e. The number of nitrogen functional groups attached to an aromatic ring is 1. The van der Waals surface area contributed by atoms with Gasteiger partial charge in [-0.3, -0.25) is 9.78 Å². The average Bonchev–Trinajstić information content (AvgIpc) is 2.62. The number of benzene rings is 1. The van der Waals surface area contributed by atoms with E-state index in [1.165, 1.54) is 24.0 Å². The van der Waals surface area contributed by atoms with Crippen LogP contribution in [-0.2, 0) is 12.8 Å². The SMILES string of the molecule is Nc1ccncc1C(=O)N1CCC2(CCc3ccccc3C2)CC1. The Labute approximate surface area is 142 Å². The van der Waals surface area contributed by atoms with E-state index in [1.54, 1.807) is 18.5 Å². The number of fused-ring (bicyclic) bond motifs is 1. The highest BCUT2D eigenvalue weighted by Crippen LogP contribution is 2.43. The molecule has 0 atom stereocenters. The first-order chi connectivity index (χ1) is 11.7. The molecule has 24 heavy (non-hydrogen) atoms. The van der Waals surface area contributed by atoms with Gasteiger partial charge >= 0.3 is 0 Å². The maximum atomic E-state index is 12.7. The quantitative estimate of drug-likeness (QED) is 0.878. The first-order valence-corrected chi connectivity index (χ1v) is 8.72. The van der Waals surface area contributed by atoms with Crippen LogP contribution in [-0.4, -0.2) is 28.9 Å². The Balaban J connectivity index is 1.46. The highest BCUT2D eigenvalue weighted by molar-refractivity contribution is 5.98. The molecule has 0 bridgehead atoms. The largest absolute Gasteiger partial charge is 0.398 e. The molecule has 0 unspecified atom stereocenters. The summed E-state index contributed by atoms with van der Waals surface area (Å²) in [6.07, 6.45) is 8.91. The third-order valence-corrected chi connectivity index (χ3v) is 5.81. The zero-order chi connectivity index (χ0) is 16.6. The highest BCUT2D eigenvalue weighted by Gasteiger charge is 2.38. The van der Waals surface area contributed by atoms with Gasteiger partial charge in [0.15, 0.2) is 0 Å². The molecule has 124 valence electrons. The molecule has 1 aromatic heterocycles. The van der Waals surface area contributed by atoms with Gasteiger partial charge in [-0.2, -0.15) is 0 Å². The molecule has 4 heteroatoms. The summed E-state index contributed by atoms with van der Waals surface area (Å²) in [6.45, 7) is 1.63. The number of nitrogens with two attached hydrogens (primary N) is 1. The molecular weight excluding hydrogens is 298 g/mol. The minimum atomic E-state index is 0.0201. The molecule has 1 spiro atoms. The minimum absolute atomic E-state index is 0.0201. The maximum absolute atomic E-state index is 12.7. The Bertz CT molecular complexity index is 763. The number of pyridine rings is 1. The van der Waals surface area contributed by atoms with E-state index < -0.39 is 0 Å². The van der Waals surface area contributed by atoms with Crippen LogP contribution in [0.3, 0.4) is 0 Å². The topological polar surface area (TPSA) is 59.2 Å². The fourth-order valence-corrected chi connectivity index (χ4v) is 4.23. The first-order valence-electron chi connectivity index (χ1n) is 8.72. The molecule has 1 aromatic carbocycles. The number of hydrogen-bond acceptors (Lipinski definition) is 3. The Kier molecular flexibility index (Phi) is 3.75. The number of amides is 1. The van der Waals surface area contributed by atoms with Gasteiger partial charge in [0.25, 0.3) is 5.91 Å². The van der Waals surface area contributed by atoms with E-state index in [0.717, 1.165) is 32.4 Å². The number of carbonyl (C=O) groups excluding carboxylic acids is 1. The maximum Gasteiger partial charge on any atom is 0.257 e. The van der Waals surface area contributed by atoms with E-state index in [2.05, 4.69) is 29.2 Å². The molecule has 4 rings (SSSR count). The standard InChI is InChI=1S/C20H23N3O/c21-18-6-10-22-14-17(18)19(24)23-11-8-20(9-12-23)7-5-15-3-1-2-4-16(15)13-20/h1-4,6,10,14H,5,7-9,11-13H2,(H2,21,22). The number of piperidine rings is 1. The predicted molar refractivity (Wildman–Crippen MR) is 94.7 cm³/mol. The van der Waals surface area contributed by atoms with Crippen molar-refractivity contribution in [2.45, 2.75) is 32.1 Å². The molecule has 2 N–H and O–H groups in total. The summed E-state index contributed by atoms with van der Waals surface area (Å²) in [6, 6.07) is 10.5. The summed E-state index contributed by atoms with van der Waals surface area (Å²) >= 11 is 0. The average molecular weight is 321 g/mol. The van der Waals surface area contributed by atoms with E-state index in [-0.39, 0.29) is 5.91 Å². The number of nitrogens with zero attached hydrogens (tertiary/aromatic N) is 2. The second kappa shape index (κ2) is 5.93. The molecule has 1 aliphatic carbocycles. The summed E-state index contributed by atoms with van der Waals surface area (Å²) in [5.74, 6) is 0.0201. The van der Waals surface area contributed by atoms with Crippen molar-refractivity contribution in [2.24, 2.45) is 5.41 Å². The molecule has 1 saturated heterocycles. The first kappa shape index (κ1) is 15.2. The van der Waals surface area contributed by atoms with Crippen molar-refractivity contribution in [1.29, 1.82) is 0 Å². The Morgan fingerprint density at radius 2 is 1.83 bits per heavy atom. The number of aromatic nitrogens is 1. The number of likely N-dealkylation sites (tertiary alicyclic amines) is 1. The van der Waals surface area contributed by atoms with Gasteiger partial charge in [-0.25, -0.2) is 0 Å². The van der Waals surface area contributed by atoms with Crippen LogP contribution >= 0.6 is 0 Å². The molecule has 2 aliphatic rings. The van der Waals surface area contributed by atoms with Crippen molar-refractivity contribution >= 4 is 11.6 Å². The lowest BCUT2D eigenvalue weighted by atomic mass is 9.66. The van der Waals surface area contributed by atoms with Gasteiger partial charge in [0.05, 0.1) is 5.56 Å². The predicted octanol–water partition coefficient (Wildman–Crippen LogP) is 3.08. The van der Waals surface area contributed by atoms with Gasteiger partial charge in [-0.1, -0.05) is 24.3 Å². The van der Waals surface area contributed by atoms with Crippen molar-refractivity contribution < 1.29 is 4.79 Å². The van der Waals surface area contributed by atoms with E-state index in [1.807, 2.05) is 4.90 Å². The van der Waals surface area contributed by atoms with Gasteiger partial charge < -0.3 is 10.6 Å². The Morgan fingerprint density at radius 3 is 2.58 bits per heavy atom.